The van der Waals surface area contributed by atoms with Crippen LogP contribution in [0.15, 0.2) is 47.2 Å². The predicted octanol–water partition coefficient (Wildman–Crippen LogP) is 0.956. The Balaban J connectivity index is 1.34. The summed E-state index contributed by atoms with van der Waals surface area (Å²) in [7, 11) is 1.73. The number of fused-ring (bicyclic) bond motifs is 3. The number of urea groups is 1. The van der Waals surface area contributed by atoms with Gasteiger partial charge < -0.3 is 19.4 Å². The van der Waals surface area contributed by atoms with E-state index >= 15 is 0 Å². The Bertz CT molecular complexity index is 926. The Morgan fingerprint density at radius 2 is 1.81 bits per heavy atom. The van der Waals surface area contributed by atoms with Crippen LogP contribution in [0.2, 0.25) is 0 Å². The van der Waals surface area contributed by atoms with E-state index in [-0.39, 0.29) is 11.9 Å². The lowest BCUT2D eigenvalue weighted by Crippen LogP contribution is -2.65. The lowest BCUT2D eigenvalue weighted by Gasteiger charge is -2.40. The van der Waals surface area contributed by atoms with Gasteiger partial charge in [0.05, 0.1) is 19.8 Å². The fourth-order valence-electron chi connectivity index (χ4n) is 4.64. The maximum absolute atomic E-state index is 13.4. The van der Waals surface area contributed by atoms with Crippen molar-refractivity contribution in [2.24, 2.45) is 4.99 Å². The summed E-state index contributed by atoms with van der Waals surface area (Å²) in [5, 5.41) is 0. The molecule has 9 nitrogen and oxygen atoms in total. The van der Waals surface area contributed by atoms with Crippen molar-refractivity contribution < 1.29 is 14.3 Å². The van der Waals surface area contributed by atoms with Crippen LogP contribution in [0.5, 0.6) is 0 Å². The van der Waals surface area contributed by atoms with E-state index in [0.717, 1.165) is 30.3 Å². The van der Waals surface area contributed by atoms with E-state index < -0.39 is 12.2 Å². The second-order valence-corrected chi connectivity index (χ2v) is 8.37. The number of ether oxygens (including phenoxy) is 1. The highest BCUT2D eigenvalue weighted by molar-refractivity contribution is 6.04. The molecule has 31 heavy (non-hydrogen) atoms. The normalized spacial score (nSPS) is 26.3. The van der Waals surface area contributed by atoms with Gasteiger partial charge in [0.15, 0.2) is 12.2 Å². The second kappa shape index (κ2) is 7.97. The quantitative estimate of drug-likeness (QED) is 0.701. The summed E-state index contributed by atoms with van der Waals surface area (Å²) in [6.07, 6.45) is 1.48. The molecular formula is C22H28N6O3. The smallest absolute Gasteiger partial charge is 0.328 e. The molecule has 2 unspecified atom stereocenters. The zero-order chi connectivity index (χ0) is 21.5. The zero-order valence-electron chi connectivity index (χ0n) is 18.0. The van der Waals surface area contributed by atoms with E-state index in [1.54, 1.807) is 11.9 Å². The van der Waals surface area contributed by atoms with Gasteiger partial charge in [0.1, 0.15) is 0 Å². The van der Waals surface area contributed by atoms with E-state index in [1.165, 1.54) is 4.90 Å². The molecule has 0 spiro atoms. The highest BCUT2D eigenvalue weighted by Crippen LogP contribution is 2.34. The van der Waals surface area contributed by atoms with Crippen LogP contribution in [0, 0.1) is 0 Å². The molecule has 9 heteroatoms. The van der Waals surface area contributed by atoms with Crippen LogP contribution in [0.1, 0.15) is 12.5 Å². The van der Waals surface area contributed by atoms with Gasteiger partial charge in [-0.25, -0.2) is 9.79 Å². The molecule has 1 aromatic rings. The Hall–Kier alpha value is -2.91. The number of carbonyl (C=O) groups is 2. The number of hydrogen-bond donors (Lipinski definition) is 0. The van der Waals surface area contributed by atoms with Crippen LogP contribution in [0.4, 0.5) is 4.79 Å². The van der Waals surface area contributed by atoms with Gasteiger partial charge in [-0.1, -0.05) is 30.3 Å². The number of aliphatic imine (C=N–C) groups is 1. The molecule has 2 saturated heterocycles. The van der Waals surface area contributed by atoms with Crippen LogP contribution < -0.4 is 0 Å². The Morgan fingerprint density at radius 1 is 1.06 bits per heavy atom. The molecule has 4 aliphatic heterocycles. The average Bonchev–Trinajstić information content (AvgIpc) is 3.29. The number of morpholine rings is 1. The minimum atomic E-state index is -0.516. The van der Waals surface area contributed by atoms with Crippen molar-refractivity contribution in [3.63, 3.8) is 0 Å². The number of rotatable bonds is 5. The highest BCUT2D eigenvalue weighted by atomic mass is 16.5. The lowest BCUT2D eigenvalue weighted by atomic mass is 10.1. The number of likely N-dealkylation sites (N-methyl/N-ethyl adjacent to an activating group) is 1. The van der Waals surface area contributed by atoms with Crippen molar-refractivity contribution in [1.82, 2.24) is 24.5 Å². The molecule has 3 amide bonds. The van der Waals surface area contributed by atoms with Gasteiger partial charge in [-0.2, -0.15) is 0 Å². The maximum atomic E-state index is 13.4. The van der Waals surface area contributed by atoms with Crippen LogP contribution in [0.25, 0.3) is 0 Å². The minimum absolute atomic E-state index is 0.175. The third-order valence-electron chi connectivity index (χ3n) is 6.43. The van der Waals surface area contributed by atoms with Crippen LogP contribution >= 0.6 is 0 Å². The summed E-state index contributed by atoms with van der Waals surface area (Å²) in [4.78, 5) is 40.5. The van der Waals surface area contributed by atoms with Crippen molar-refractivity contribution >= 4 is 17.9 Å². The van der Waals surface area contributed by atoms with Gasteiger partial charge in [-0.3, -0.25) is 14.6 Å². The molecule has 0 N–H and O–H groups in total. The number of hydrogen-bond acceptors (Lipinski definition) is 7. The third kappa shape index (κ3) is 3.47. The van der Waals surface area contributed by atoms with E-state index in [9.17, 15) is 9.59 Å². The average molecular weight is 425 g/mol. The van der Waals surface area contributed by atoms with Gasteiger partial charge >= 0.3 is 6.03 Å². The predicted molar refractivity (Wildman–Crippen MR) is 115 cm³/mol. The van der Waals surface area contributed by atoms with Crippen LogP contribution in [0.3, 0.4) is 0 Å². The number of benzene rings is 1. The lowest BCUT2D eigenvalue weighted by molar-refractivity contribution is -0.136. The largest absolute Gasteiger partial charge is 0.379 e. The van der Waals surface area contributed by atoms with Crippen molar-refractivity contribution in [2.75, 3.05) is 46.4 Å². The standard InChI is InChI=1S/C22H28N6O3/c1-16-14-28-18-19(23-21(28)27(16)15-17-6-4-3-5-7-17)24(2)22(30)26(20(18)29)9-8-25-10-12-31-13-11-25/h3-7,14,18-19H,8-13,15H2,1-2H3. The Kier molecular flexibility index (Phi) is 5.15. The first-order chi connectivity index (χ1) is 15.0. The SMILES string of the molecule is CC1=CN2C(=NC3C2C(=O)N(CCN2CCOCC2)C(=O)N3C)N1Cc1ccccc1. The highest BCUT2D eigenvalue weighted by Gasteiger charge is 2.54. The summed E-state index contributed by atoms with van der Waals surface area (Å²) in [5.41, 5.74) is 2.20. The van der Waals surface area contributed by atoms with Crippen molar-refractivity contribution in [2.45, 2.75) is 25.7 Å². The first kappa shape index (κ1) is 20.0. The van der Waals surface area contributed by atoms with Crippen molar-refractivity contribution in [3.05, 3.63) is 47.8 Å². The van der Waals surface area contributed by atoms with E-state index in [0.29, 0.717) is 32.8 Å². The number of guanidine groups is 1. The molecule has 0 radical (unpaired) electrons. The molecule has 0 saturated carbocycles. The first-order valence-electron chi connectivity index (χ1n) is 10.8. The molecule has 4 aliphatic rings. The fourth-order valence-corrected chi connectivity index (χ4v) is 4.64. The van der Waals surface area contributed by atoms with Crippen LogP contribution in [-0.2, 0) is 16.1 Å². The van der Waals surface area contributed by atoms with Gasteiger partial charge in [-0.15, -0.1) is 0 Å². The van der Waals surface area contributed by atoms with Crippen molar-refractivity contribution in [1.29, 1.82) is 0 Å². The molecule has 0 bridgehead atoms. The molecular weight excluding hydrogens is 396 g/mol. The number of nitrogens with zero attached hydrogens (tertiary/aromatic N) is 6. The summed E-state index contributed by atoms with van der Waals surface area (Å²) in [5.74, 6) is 0.560. The van der Waals surface area contributed by atoms with Crippen LogP contribution in [-0.4, -0.2) is 101 Å². The Morgan fingerprint density at radius 3 is 2.55 bits per heavy atom. The van der Waals surface area contributed by atoms with E-state index in [2.05, 4.69) is 21.9 Å². The minimum Gasteiger partial charge on any atom is -0.379 e. The summed E-state index contributed by atoms with van der Waals surface area (Å²) in [6.45, 7) is 6.78. The number of imide groups is 1. The second-order valence-electron chi connectivity index (χ2n) is 8.37. The first-order valence-corrected chi connectivity index (χ1v) is 10.8. The maximum Gasteiger partial charge on any atom is 0.328 e. The molecule has 2 atom stereocenters. The summed E-state index contributed by atoms with van der Waals surface area (Å²) >= 11 is 0. The third-order valence-corrected chi connectivity index (χ3v) is 6.43. The summed E-state index contributed by atoms with van der Waals surface area (Å²) in [6, 6.07) is 9.38. The number of carbonyl (C=O) groups excluding carboxylic acids is 2. The van der Waals surface area contributed by atoms with Gasteiger partial charge in [0.25, 0.3) is 5.91 Å². The fraction of sp³-hybridized carbons (Fsp3) is 0.500. The molecule has 1 aromatic carbocycles. The number of allylic oxidation sites excluding steroid dienone is 1. The van der Waals surface area contributed by atoms with E-state index in [1.807, 2.05) is 36.2 Å². The van der Waals surface area contributed by atoms with Crippen molar-refractivity contribution in [3.8, 4) is 0 Å². The molecule has 2 fully saturated rings. The topological polar surface area (TPSA) is 71.9 Å². The van der Waals surface area contributed by atoms with Gasteiger partial charge in [0.2, 0.25) is 5.96 Å². The zero-order valence-corrected chi connectivity index (χ0v) is 18.0. The molecule has 4 heterocycles. The number of amides is 3. The Labute approximate surface area is 182 Å². The molecule has 0 aliphatic carbocycles. The molecule has 5 rings (SSSR count). The molecule has 0 aromatic heterocycles. The van der Waals surface area contributed by atoms with Gasteiger partial charge in [0, 0.05) is 45.1 Å². The molecule has 164 valence electrons. The van der Waals surface area contributed by atoms with E-state index in [4.69, 9.17) is 9.73 Å². The van der Waals surface area contributed by atoms with Gasteiger partial charge in [-0.05, 0) is 12.5 Å². The monoisotopic (exact) mass is 424 g/mol. The summed E-state index contributed by atoms with van der Waals surface area (Å²) < 4.78 is 5.39.